The molecule has 0 aliphatic heterocycles. The fourth-order valence-corrected chi connectivity index (χ4v) is 1.06. The summed E-state index contributed by atoms with van der Waals surface area (Å²) in [5.41, 5.74) is 1.35. The number of carbonyl (C=O) groups excluding carboxylic acids is 2. The Bertz CT molecular complexity index is 403. The lowest BCUT2D eigenvalue weighted by Gasteiger charge is -1.98. The van der Waals surface area contributed by atoms with Crippen molar-refractivity contribution in [2.75, 3.05) is 0 Å². The lowest BCUT2D eigenvalue weighted by atomic mass is 10.0. The summed E-state index contributed by atoms with van der Waals surface area (Å²) in [5, 5.41) is 8.32. The topological polar surface area (TPSA) is 71.4 Å². The van der Waals surface area contributed by atoms with Crippen LogP contribution in [-0.4, -0.2) is 22.6 Å². The summed E-state index contributed by atoms with van der Waals surface area (Å²) in [6, 6.07) is 6.62. The van der Waals surface area contributed by atoms with Crippen LogP contribution in [0.1, 0.15) is 22.3 Å². The Morgan fingerprint density at radius 1 is 1.13 bits per heavy atom. The summed E-state index contributed by atoms with van der Waals surface area (Å²) in [6.45, 7) is 1.87. The van der Waals surface area contributed by atoms with Crippen LogP contribution in [0.15, 0.2) is 24.3 Å². The molecule has 1 N–H and O–H groups in total. The highest BCUT2D eigenvalue weighted by atomic mass is 16.4. The molecule has 0 fully saturated rings. The summed E-state index contributed by atoms with van der Waals surface area (Å²) in [6.07, 6.45) is -0.585. The van der Waals surface area contributed by atoms with E-state index in [1.54, 1.807) is 24.3 Å². The van der Waals surface area contributed by atoms with Gasteiger partial charge < -0.3 is 5.11 Å². The fourth-order valence-electron chi connectivity index (χ4n) is 1.06. The monoisotopic (exact) mass is 206 g/mol. The van der Waals surface area contributed by atoms with Crippen LogP contribution in [-0.2, 0) is 9.59 Å². The maximum absolute atomic E-state index is 11.4. The van der Waals surface area contributed by atoms with E-state index in [0.717, 1.165) is 5.56 Å². The highest BCUT2D eigenvalue weighted by molar-refractivity contribution is 6.37. The van der Waals surface area contributed by atoms with Crippen molar-refractivity contribution in [1.29, 1.82) is 0 Å². The number of hydrogen-bond acceptors (Lipinski definition) is 3. The van der Waals surface area contributed by atoms with Gasteiger partial charge in [0.2, 0.25) is 5.78 Å². The number of rotatable bonds is 4. The first kappa shape index (κ1) is 11.1. The van der Waals surface area contributed by atoms with Gasteiger partial charge in [-0.1, -0.05) is 29.8 Å². The van der Waals surface area contributed by atoms with Crippen LogP contribution in [0.5, 0.6) is 0 Å². The van der Waals surface area contributed by atoms with Gasteiger partial charge in [0.1, 0.15) is 0 Å². The van der Waals surface area contributed by atoms with Gasteiger partial charge in [-0.15, -0.1) is 0 Å². The molecule has 1 rings (SSSR count). The van der Waals surface area contributed by atoms with Gasteiger partial charge in [0, 0.05) is 5.56 Å². The number of hydrogen-bond donors (Lipinski definition) is 1. The molecule has 4 heteroatoms. The van der Waals surface area contributed by atoms with Gasteiger partial charge >= 0.3 is 5.97 Å². The third-order valence-electron chi connectivity index (χ3n) is 1.93. The zero-order chi connectivity index (χ0) is 11.4. The Morgan fingerprint density at radius 3 is 2.13 bits per heavy atom. The van der Waals surface area contributed by atoms with E-state index in [9.17, 15) is 14.4 Å². The standard InChI is InChI=1S/C11H10O4/c1-7-2-4-8(5-3-7)9(12)6-10(13)11(14)15/h2-5H,6H2,1H3,(H,14,15). The van der Waals surface area contributed by atoms with Crippen LogP contribution in [0.4, 0.5) is 0 Å². The van der Waals surface area contributed by atoms with Crippen LogP contribution in [0, 0.1) is 6.92 Å². The molecule has 0 aliphatic carbocycles. The number of aliphatic carboxylic acids is 1. The summed E-state index contributed by atoms with van der Waals surface area (Å²) in [7, 11) is 0. The highest BCUT2D eigenvalue weighted by Gasteiger charge is 2.17. The first-order valence-electron chi connectivity index (χ1n) is 4.36. The average Bonchev–Trinajstić information content (AvgIpc) is 2.18. The lowest BCUT2D eigenvalue weighted by Crippen LogP contribution is -2.17. The van der Waals surface area contributed by atoms with E-state index in [4.69, 9.17) is 5.11 Å². The van der Waals surface area contributed by atoms with Crippen LogP contribution < -0.4 is 0 Å². The number of carbonyl (C=O) groups is 3. The zero-order valence-corrected chi connectivity index (χ0v) is 8.19. The van der Waals surface area contributed by atoms with Crippen molar-refractivity contribution in [3.05, 3.63) is 35.4 Å². The maximum Gasteiger partial charge on any atom is 0.372 e. The second kappa shape index (κ2) is 4.50. The Hall–Kier alpha value is -1.97. The predicted octanol–water partition coefficient (Wildman–Crippen LogP) is 1.22. The van der Waals surface area contributed by atoms with Crippen molar-refractivity contribution >= 4 is 17.5 Å². The molecule has 0 spiro atoms. The first-order chi connectivity index (χ1) is 7.00. The molecule has 0 radical (unpaired) electrons. The van der Waals surface area contributed by atoms with Crippen molar-refractivity contribution in [2.45, 2.75) is 13.3 Å². The minimum Gasteiger partial charge on any atom is -0.475 e. The summed E-state index contributed by atoms with van der Waals surface area (Å²) < 4.78 is 0. The quantitative estimate of drug-likeness (QED) is 0.456. The van der Waals surface area contributed by atoms with Gasteiger partial charge in [-0.05, 0) is 6.92 Å². The molecule has 0 bridgehead atoms. The number of aryl methyl sites for hydroxylation is 1. The van der Waals surface area contributed by atoms with Crippen LogP contribution in [0.2, 0.25) is 0 Å². The molecular weight excluding hydrogens is 196 g/mol. The molecule has 0 aliphatic rings. The molecule has 78 valence electrons. The largest absolute Gasteiger partial charge is 0.475 e. The number of Topliss-reactive ketones (excluding diaryl/α,β-unsaturated/α-hetero) is 2. The third-order valence-corrected chi connectivity index (χ3v) is 1.93. The molecule has 0 unspecified atom stereocenters. The van der Waals surface area contributed by atoms with Gasteiger partial charge in [0.05, 0.1) is 6.42 Å². The Labute approximate surface area is 86.5 Å². The second-order valence-electron chi connectivity index (χ2n) is 3.19. The average molecular weight is 206 g/mol. The van der Waals surface area contributed by atoms with Gasteiger partial charge in [0.25, 0.3) is 0 Å². The predicted molar refractivity (Wildman–Crippen MR) is 52.8 cm³/mol. The number of benzene rings is 1. The van der Waals surface area contributed by atoms with Crippen molar-refractivity contribution in [3.8, 4) is 0 Å². The number of ketones is 2. The number of carboxylic acids is 1. The van der Waals surface area contributed by atoms with E-state index in [0.29, 0.717) is 5.56 Å². The van der Waals surface area contributed by atoms with Crippen molar-refractivity contribution in [3.63, 3.8) is 0 Å². The van der Waals surface area contributed by atoms with Crippen LogP contribution in [0.25, 0.3) is 0 Å². The molecule has 4 nitrogen and oxygen atoms in total. The van der Waals surface area contributed by atoms with E-state index in [-0.39, 0.29) is 0 Å². The van der Waals surface area contributed by atoms with E-state index in [1.807, 2.05) is 6.92 Å². The molecule has 0 amide bonds. The minimum atomic E-state index is -1.57. The molecule has 0 aromatic heterocycles. The molecule has 15 heavy (non-hydrogen) atoms. The molecule has 0 heterocycles. The van der Waals surface area contributed by atoms with Gasteiger partial charge in [-0.25, -0.2) is 4.79 Å². The molecule has 1 aromatic rings. The molecule has 1 aromatic carbocycles. The Morgan fingerprint density at radius 2 is 1.67 bits per heavy atom. The normalized spacial score (nSPS) is 9.67. The van der Waals surface area contributed by atoms with Gasteiger partial charge in [0.15, 0.2) is 5.78 Å². The third kappa shape index (κ3) is 3.02. The van der Waals surface area contributed by atoms with E-state index < -0.39 is 24.0 Å². The van der Waals surface area contributed by atoms with Crippen molar-refractivity contribution in [1.82, 2.24) is 0 Å². The van der Waals surface area contributed by atoms with Crippen molar-refractivity contribution < 1.29 is 19.5 Å². The van der Waals surface area contributed by atoms with Crippen molar-refractivity contribution in [2.24, 2.45) is 0 Å². The zero-order valence-electron chi connectivity index (χ0n) is 8.19. The number of carboxylic acid groups (broad SMARTS) is 1. The van der Waals surface area contributed by atoms with Gasteiger partial charge in [-0.2, -0.15) is 0 Å². The van der Waals surface area contributed by atoms with E-state index in [1.165, 1.54) is 0 Å². The summed E-state index contributed by atoms with van der Waals surface area (Å²) in [4.78, 5) is 32.4. The molecule has 0 atom stereocenters. The second-order valence-corrected chi connectivity index (χ2v) is 3.19. The summed E-state index contributed by atoms with van der Waals surface area (Å²) in [5.74, 6) is -3.13. The first-order valence-corrected chi connectivity index (χ1v) is 4.36. The maximum atomic E-state index is 11.4. The Balaban J connectivity index is 2.74. The van der Waals surface area contributed by atoms with E-state index >= 15 is 0 Å². The highest BCUT2D eigenvalue weighted by Crippen LogP contribution is 2.06. The van der Waals surface area contributed by atoms with Crippen LogP contribution >= 0.6 is 0 Å². The van der Waals surface area contributed by atoms with E-state index in [2.05, 4.69) is 0 Å². The minimum absolute atomic E-state index is 0.357. The lowest BCUT2D eigenvalue weighted by molar-refractivity contribution is -0.148. The fraction of sp³-hybridized carbons (Fsp3) is 0.182. The Kier molecular flexibility index (Phi) is 3.33. The van der Waals surface area contributed by atoms with Gasteiger partial charge in [-0.3, -0.25) is 9.59 Å². The summed E-state index contributed by atoms with van der Waals surface area (Å²) >= 11 is 0. The molecule has 0 saturated carbocycles. The van der Waals surface area contributed by atoms with Crippen LogP contribution in [0.3, 0.4) is 0 Å². The molecule has 0 saturated heterocycles. The smallest absolute Gasteiger partial charge is 0.372 e. The molecular formula is C11H10O4. The SMILES string of the molecule is Cc1ccc(C(=O)CC(=O)C(=O)O)cc1.